The first kappa shape index (κ1) is 22.1. The molecule has 3 aromatic rings. The molecule has 0 fully saturated rings. The second kappa shape index (κ2) is 10.4. The highest BCUT2D eigenvalue weighted by Crippen LogP contribution is 2.31. The average Bonchev–Trinajstić information content (AvgIpc) is 2.70. The van der Waals surface area contributed by atoms with Crippen molar-refractivity contribution in [2.45, 2.75) is 12.2 Å². The number of nitrogen functional groups attached to an aromatic ring is 1. The van der Waals surface area contributed by atoms with Crippen molar-refractivity contribution in [2.24, 2.45) is 0 Å². The number of aromatic nitrogens is 2. The number of ether oxygens (including phenoxy) is 2. The third-order valence-corrected chi connectivity index (χ3v) is 4.83. The van der Waals surface area contributed by atoms with Gasteiger partial charge < -0.3 is 15.2 Å². The molecule has 0 radical (unpaired) electrons. The minimum absolute atomic E-state index is 0.0534. The molecule has 9 heteroatoms. The van der Waals surface area contributed by atoms with Crippen molar-refractivity contribution in [2.75, 3.05) is 25.2 Å². The molecule has 0 aliphatic rings. The van der Waals surface area contributed by atoms with Crippen LogP contribution in [0, 0.1) is 11.6 Å². The molecule has 2 aromatic carbocycles. The van der Waals surface area contributed by atoms with E-state index in [1.165, 1.54) is 18.2 Å². The summed E-state index contributed by atoms with van der Waals surface area (Å²) in [7, 11) is 0. The zero-order chi connectivity index (χ0) is 21.5. The Morgan fingerprint density at radius 2 is 1.90 bits per heavy atom. The van der Waals surface area contributed by atoms with E-state index in [1.807, 2.05) is 18.4 Å². The summed E-state index contributed by atoms with van der Waals surface area (Å²) in [5.41, 5.74) is 7.87. The molecule has 2 N–H and O–H groups in total. The fourth-order valence-electron chi connectivity index (χ4n) is 2.80. The number of anilines is 1. The molecule has 0 aliphatic heterocycles. The van der Waals surface area contributed by atoms with E-state index in [9.17, 15) is 8.78 Å². The van der Waals surface area contributed by atoms with Gasteiger partial charge in [-0.2, -0.15) is 11.8 Å². The summed E-state index contributed by atoms with van der Waals surface area (Å²) in [6, 6.07) is 9.39. The van der Waals surface area contributed by atoms with Crippen LogP contribution in [0.25, 0.3) is 11.3 Å². The fraction of sp³-hybridized carbons (Fsp3) is 0.238. The van der Waals surface area contributed by atoms with Crippen LogP contribution in [0.3, 0.4) is 0 Å². The summed E-state index contributed by atoms with van der Waals surface area (Å²) in [5.74, 6) is 0.503. The van der Waals surface area contributed by atoms with Crippen molar-refractivity contribution in [1.29, 1.82) is 0 Å². The van der Waals surface area contributed by atoms with Gasteiger partial charge in [-0.1, -0.05) is 0 Å². The largest absolute Gasteiger partial charge is 0.493 e. The van der Waals surface area contributed by atoms with E-state index in [2.05, 4.69) is 9.97 Å². The van der Waals surface area contributed by atoms with Crippen LogP contribution < -0.4 is 15.2 Å². The first-order chi connectivity index (χ1) is 14.5. The van der Waals surface area contributed by atoms with Crippen LogP contribution in [0.2, 0.25) is 5.28 Å². The highest BCUT2D eigenvalue weighted by atomic mass is 35.5. The van der Waals surface area contributed by atoms with Gasteiger partial charge in [-0.3, -0.25) is 0 Å². The van der Waals surface area contributed by atoms with E-state index < -0.39 is 11.6 Å². The van der Waals surface area contributed by atoms with Crippen LogP contribution in [0.1, 0.15) is 12.0 Å². The fourth-order valence-corrected chi connectivity index (χ4v) is 3.43. The average molecular weight is 452 g/mol. The van der Waals surface area contributed by atoms with Gasteiger partial charge in [-0.25, -0.2) is 18.7 Å². The Balaban J connectivity index is 1.62. The number of nitrogens with two attached hydrogens (primary N) is 1. The van der Waals surface area contributed by atoms with E-state index in [-0.39, 0.29) is 28.9 Å². The summed E-state index contributed by atoms with van der Waals surface area (Å²) in [5, 5.41) is -0.113. The Kier molecular flexibility index (Phi) is 7.70. The smallest absolute Gasteiger partial charge is 0.223 e. The summed E-state index contributed by atoms with van der Waals surface area (Å²) >= 11 is 7.46. The molecule has 30 heavy (non-hydrogen) atoms. The summed E-state index contributed by atoms with van der Waals surface area (Å²) in [6.45, 7) is 0.609. The molecular weight excluding hydrogens is 432 g/mol. The third-order valence-electron chi connectivity index (χ3n) is 4.03. The van der Waals surface area contributed by atoms with E-state index in [1.54, 1.807) is 17.8 Å². The van der Waals surface area contributed by atoms with Gasteiger partial charge >= 0.3 is 0 Å². The summed E-state index contributed by atoms with van der Waals surface area (Å²) in [6.07, 6.45) is 3.50. The Morgan fingerprint density at radius 1 is 1.10 bits per heavy atom. The molecule has 0 amide bonds. The van der Waals surface area contributed by atoms with Crippen molar-refractivity contribution in [3.8, 4) is 22.8 Å². The number of hydrogen-bond acceptors (Lipinski definition) is 6. The summed E-state index contributed by atoms with van der Waals surface area (Å²) < 4.78 is 39.2. The van der Waals surface area contributed by atoms with Crippen LogP contribution in [0.15, 0.2) is 42.6 Å². The van der Waals surface area contributed by atoms with Crippen molar-refractivity contribution in [1.82, 2.24) is 9.97 Å². The number of rotatable bonds is 9. The molecule has 158 valence electrons. The van der Waals surface area contributed by atoms with Crippen LogP contribution in [0.5, 0.6) is 11.5 Å². The molecule has 1 heterocycles. The molecular formula is C21H20ClF2N3O2S. The van der Waals surface area contributed by atoms with Gasteiger partial charge in [0.2, 0.25) is 5.28 Å². The molecule has 0 aliphatic carbocycles. The second-order valence-corrected chi connectivity index (χ2v) is 7.57. The van der Waals surface area contributed by atoms with Gasteiger partial charge in [0.05, 0.1) is 19.4 Å². The molecule has 0 saturated carbocycles. The second-order valence-electron chi connectivity index (χ2n) is 6.37. The highest BCUT2D eigenvalue weighted by molar-refractivity contribution is 7.97. The maximum Gasteiger partial charge on any atom is 0.223 e. The maximum atomic E-state index is 14.1. The van der Waals surface area contributed by atoms with Gasteiger partial charge in [-0.05, 0) is 47.7 Å². The maximum absolute atomic E-state index is 14.1. The highest BCUT2D eigenvalue weighted by Gasteiger charge is 2.15. The van der Waals surface area contributed by atoms with Gasteiger partial charge in [0.25, 0.3) is 0 Å². The topological polar surface area (TPSA) is 70.3 Å². The quantitative estimate of drug-likeness (QED) is 0.268. The number of hydrogen-bond donors (Lipinski definition) is 1. The van der Waals surface area contributed by atoms with Crippen molar-refractivity contribution in [3.05, 3.63) is 65.1 Å². The number of nitrogens with zero attached hydrogens (tertiary/aromatic N) is 2. The predicted octanol–water partition coefficient (Wildman–Crippen LogP) is 5.37. The van der Waals surface area contributed by atoms with E-state index in [4.69, 9.17) is 26.8 Å². The Bertz CT molecular complexity index is 1020. The molecule has 0 unspecified atom stereocenters. The van der Waals surface area contributed by atoms with Crippen molar-refractivity contribution in [3.63, 3.8) is 0 Å². The zero-order valence-corrected chi connectivity index (χ0v) is 17.8. The standard InChI is InChI=1S/C21H20ClF2N3O2S/c1-30-12-13-7-15(25)10-16(8-13)28-5-2-6-29-19-9-14(23)3-4-17(19)20-18(24)11-26-21(22)27-20/h3-4,7-11H,2,5-6,12,25H2,1H3. The Hall–Kier alpha value is -2.58. The minimum Gasteiger partial charge on any atom is -0.493 e. The van der Waals surface area contributed by atoms with Crippen LogP contribution in [0.4, 0.5) is 14.5 Å². The van der Waals surface area contributed by atoms with Gasteiger partial charge in [-0.15, -0.1) is 0 Å². The lowest BCUT2D eigenvalue weighted by molar-refractivity contribution is 0.247. The van der Waals surface area contributed by atoms with Crippen LogP contribution >= 0.6 is 23.4 Å². The van der Waals surface area contributed by atoms with Crippen LogP contribution in [-0.4, -0.2) is 29.4 Å². The number of benzene rings is 2. The normalized spacial score (nSPS) is 10.8. The molecule has 5 nitrogen and oxygen atoms in total. The predicted molar refractivity (Wildman–Crippen MR) is 116 cm³/mol. The van der Waals surface area contributed by atoms with Crippen molar-refractivity contribution >= 4 is 29.1 Å². The Labute approximate surface area is 182 Å². The molecule has 0 saturated heterocycles. The lowest BCUT2D eigenvalue weighted by Gasteiger charge is -2.13. The molecule has 1 aromatic heterocycles. The lowest BCUT2D eigenvalue weighted by Crippen LogP contribution is -2.07. The first-order valence-corrected chi connectivity index (χ1v) is 10.9. The SMILES string of the molecule is CSCc1cc(N)cc(OCCCOc2cc(F)ccc2-c2nc(Cl)ncc2F)c1. The number of halogens is 3. The monoisotopic (exact) mass is 451 g/mol. The Morgan fingerprint density at radius 3 is 2.70 bits per heavy atom. The van der Waals surface area contributed by atoms with E-state index in [0.29, 0.717) is 24.5 Å². The van der Waals surface area contributed by atoms with Gasteiger partial charge in [0.15, 0.2) is 5.82 Å². The summed E-state index contributed by atoms with van der Waals surface area (Å²) in [4.78, 5) is 7.48. The van der Waals surface area contributed by atoms with Crippen molar-refractivity contribution < 1.29 is 18.3 Å². The first-order valence-electron chi connectivity index (χ1n) is 9.08. The number of thioether (sulfide) groups is 1. The molecule has 0 atom stereocenters. The third kappa shape index (κ3) is 5.96. The zero-order valence-electron chi connectivity index (χ0n) is 16.2. The lowest BCUT2D eigenvalue weighted by atomic mass is 10.1. The van der Waals surface area contributed by atoms with Gasteiger partial charge in [0, 0.05) is 35.6 Å². The molecule has 0 spiro atoms. The van der Waals surface area contributed by atoms with Gasteiger partial charge in [0.1, 0.15) is 23.0 Å². The van der Waals surface area contributed by atoms with E-state index >= 15 is 0 Å². The van der Waals surface area contributed by atoms with Crippen LogP contribution in [-0.2, 0) is 5.75 Å². The molecule has 0 bridgehead atoms. The minimum atomic E-state index is -0.679. The molecule has 3 rings (SSSR count). The van der Waals surface area contributed by atoms with E-state index in [0.717, 1.165) is 17.5 Å².